The van der Waals surface area contributed by atoms with E-state index >= 15 is 0 Å². The minimum absolute atomic E-state index is 0.165. The summed E-state index contributed by atoms with van der Waals surface area (Å²) in [7, 11) is -0.490. The van der Waals surface area contributed by atoms with Gasteiger partial charge in [0.25, 0.3) is 0 Å². The maximum Gasteiger partial charge on any atom is 0.240 e. The van der Waals surface area contributed by atoms with E-state index in [2.05, 4.69) is 18.6 Å². The van der Waals surface area contributed by atoms with Crippen molar-refractivity contribution in [1.29, 1.82) is 0 Å². The Labute approximate surface area is 143 Å². The standard InChI is InChI=1S/C18H23NO4S/c1-13(2)14-5-10-18(23-4)15(11-14)12-19-24(20,21)17-8-6-16(22-3)7-9-17/h5-11,13,19H,12H2,1-4H3. The van der Waals surface area contributed by atoms with E-state index in [1.54, 1.807) is 19.2 Å². The summed E-state index contributed by atoms with van der Waals surface area (Å²) in [6, 6.07) is 12.1. The summed E-state index contributed by atoms with van der Waals surface area (Å²) in [4.78, 5) is 0.197. The molecule has 1 N–H and O–H groups in total. The topological polar surface area (TPSA) is 64.6 Å². The van der Waals surface area contributed by atoms with Crippen molar-refractivity contribution >= 4 is 10.0 Å². The Hall–Kier alpha value is -2.05. The number of hydrogen-bond donors (Lipinski definition) is 1. The average Bonchev–Trinajstić information content (AvgIpc) is 2.59. The summed E-state index contributed by atoms with van der Waals surface area (Å²) in [6.07, 6.45) is 0. The lowest BCUT2D eigenvalue weighted by molar-refractivity contribution is 0.409. The third-order valence-electron chi connectivity index (χ3n) is 3.79. The first-order chi connectivity index (χ1) is 11.4. The summed E-state index contributed by atoms with van der Waals surface area (Å²) in [5, 5.41) is 0. The van der Waals surface area contributed by atoms with Crippen LogP contribution < -0.4 is 14.2 Å². The second kappa shape index (κ2) is 7.68. The van der Waals surface area contributed by atoms with Gasteiger partial charge in [0.15, 0.2) is 0 Å². The molecule has 0 aliphatic carbocycles. The van der Waals surface area contributed by atoms with Gasteiger partial charge in [0.1, 0.15) is 11.5 Å². The first-order valence-electron chi connectivity index (χ1n) is 7.68. The van der Waals surface area contributed by atoms with Gasteiger partial charge in [-0.25, -0.2) is 13.1 Å². The lowest BCUT2D eigenvalue weighted by Crippen LogP contribution is -2.23. The van der Waals surface area contributed by atoms with Crippen molar-refractivity contribution in [2.24, 2.45) is 0 Å². The number of ether oxygens (including phenoxy) is 2. The number of sulfonamides is 1. The molecule has 24 heavy (non-hydrogen) atoms. The Morgan fingerprint density at radius 1 is 1.00 bits per heavy atom. The van der Waals surface area contributed by atoms with E-state index in [-0.39, 0.29) is 11.4 Å². The fourth-order valence-electron chi connectivity index (χ4n) is 2.31. The van der Waals surface area contributed by atoms with Gasteiger partial charge in [0, 0.05) is 12.1 Å². The van der Waals surface area contributed by atoms with Gasteiger partial charge in [-0.15, -0.1) is 0 Å². The van der Waals surface area contributed by atoms with E-state index in [4.69, 9.17) is 9.47 Å². The van der Waals surface area contributed by atoms with E-state index in [0.717, 1.165) is 11.1 Å². The summed E-state index contributed by atoms with van der Waals surface area (Å²) >= 11 is 0. The van der Waals surface area contributed by atoms with E-state index in [1.807, 2.05) is 18.2 Å². The van der Waals surface area contributed by atoms with Crippen LogP contribution >= 0.6 is 0 Å². The largest absolute Gasteiger partial charge is 0.497 e. The van der Waals surface area contributed by atoms with Gasteiger partial charge in [-0.05, 0) is 41.8 Å². The molecule has 0 aromatic heterocycles. The third kappa shape index (κ3) is 4.27. The molecule has 0 radical (unpaired) electrons. The Bertz CT molecular complexity index is 783. The van der Waals surface area contributed by atoms with Crippen LogP contribution in [0.25, 0.3) is 0 Å². The van der Waals surface area contributed by atoms with Crippen LogP contribution in [-0.2, 0) is 16.6 Å². The molecule has 0 amide bonds. The van der Waals surface area contributed by atoms with E-state index in [1.165, 1.54) is 19.2 Å². The highest BCUT2D eigenvalue weighted by Crippen LogP contribution is 2.24. The predicted molar refractivity (Wildman–Crippen MR) is 94.1 cm³/mol. The lowest BCUT2D eigenvalue weighted by atomic mass is 10.0. The molecule has 0 heterocycles. The minimum atomic E-state index is -3.60. The van der Waals surface area contributed by atoms with Gasteiger partial charge in [0.2, 0.25) is 10.0 Å². The quantitative estimate of drug-likeness (QED) is 0.833. The van der Waals surface area contributed by atoms with Crippen molar-refractivity contribution in [2.75, 3.05) is 14.2 Å². The normalized spacial score (nSPS) is 11.5. The highest BCUT2D eigenvalue weighted by Gasteiger charge is 2.15. The zero-order valence-electron chi connectivity index (χ0n) is 14.4. The molecule has 2 aromatic carbocycles. The molecule has 130 valence electrons. The first-order valence-corrected chi connectivity index (χ1v) is 9.16. The summed E-state index contributed by atoms with van der Waals surface area (Å²) in [5.41, 5.74) is 1.94. The molecule has 0 aliphatic heterocycles. The fourth-order valence-corrected chi connectivity index (χ4v) is 3.31. The van der Waals surface area contributed by atoms with Crippen LogP contribution in [0.1, 0.15) is 30.9 Å². The molecule has 0 unspecified atom stereocenters. The maximum atomic E-state index is 12.4. The van der Waals surface area contributed by atoms with Crippen LogP contribution in [0.15, 0.2) is 47.4 Å². The highest BCUT2D eigenvalue weighted by molar-refractivity contribution is 7.89. The minimum Gasteiger partial charge on any atom is -0.497 e. The zero-order chi connectivity index (χ0) is 17.7. The Morgan fingerprint density at radius 2 is 1.67 bits per heavy atom. The molecule has 0 spiro atoms. The molecule has 2 rings (SSSR count). The highest BCUT2D eigenvalue weighted by atomic mass is 32.2. The maximum absolute atomic E-state index is 12.4. The van der Waals surface area contributed by atoms with E-state index in [9.17, 15) is 8.42 Å². The molecular formula is C18H23NO4S. The van der Waals surface area contributed by atoms with Crippen LogP contribution in [-0.4, -0.2) is 22.6 Å². The van der Waals surface area contributed by atoms with Crippen LogP contribution in [0.4, 0.5) is 0 Å². The second-order valence-corrected chi connectivity index (χ2v) is 7.49. The number of hydrogen-bond acceptors (Lipinski definition) is 4. The van der Waals surface area contributed by atoms with Crippen molar-refractivity contribution in [2.45, 2.75) is 31.2 Å². The van der Waals surface area contributed by atoms with E-state index in [0.29, 0.717) is 17.4 Å². The van der Waals surface area contributed by atoms with Gasteiger partial charge < -0.3 is 9.47 Å². The molecule has 2 aromatic rings. The van der Waals surface area contributed by atoms with Crippen molar-refractivity contribution in [3.8, 4) is 11.5 Å². The summed E-state index contributed by atoms with van der Waals surface area (Å²) < 4.78 is 37.9. The molecule has 6 heteroatoms. The van der Waals surface area contributed by atoms with Crippen LogP contribution in [0.5, 0.6) is 11.5 Å². The molecular weight excluding hydrogens is 326 g/mol. The molecule has 5 nitrogen and oxygen atoms in total. The van der Waals surface area contributed by atoms with Crippen molar-refractivity contribution < 1.29 is 17.9 Å². The van der Waals surface area contributed by atoms with E-state index < -0.39 is 10.0 Å². The molecule has 0 fully saturated rings. The van der Waals surface area contributed by atoms with Crippen LogP contribution in [0, 0.1) is 0 Å². The molecule has 0 aliphatic rings. The second-order valence-electron chi connectivity index (χ2n) is 5.73. The van der Waals surface area contributed by atoms with Crippen LogP contribution in [0.3, 0.4) is 0 Å². The van der Waals surface area contributed by atoms with Gasteiger partial charge in [-0.2, -0.15) is 0 Å². The molecule has 0 saturated carbocycles. The lowest BCUT2D eigenvalue weighted by Gasteiger charge is -2.14. The van der Waals surface area contributed by atoms with Crippen molar-refractivity contribution in [1.82, 2.24) is 4.72 Å². The van der Waals surface area contributed by atoms with Gasteiger partial charge >= 0.3 is 0 Å². The SMILES string of the molecule is COc1ccc(S(=O)(=O)NCc2cc(C(C)C)ccc2OC)cc1. The van der Waals surface area contributed by atoms with Crippen molar-refractivity contribution in [3.63, 3.8) is 0 Å². The monoisotopic (exact) mass is 349 g/mol. The van der Waals surface area contributed by atoms with Crippen LogP contribution in [0.2, 0.25) is 0 Å². The van der Waals surface area contributed by atoms with Gasteiger partial charge in [0.05, 0.1) is 19.1 Å². The van der Waals surface area contributed by atoms with Gasteiger partial charge in [-0.1, -0.05) is 26.0 Å². The zero-order valence-corrected chi connectivity index (χ0v) is 15.2. The Balaban J connectivity index is 2.20. The number of methoxy groups -OCH3 is 2. The third-order valence-corrected chi connectivity index (χ3v) is 5.21. The predicted octanol–water partition coefficient (Wildman–Crippen LogP) is 3.31. The summed E-state index contributed by atoms with van der Waals surface area (Å²) in [5.74, 6) is 1.63. The van der Waals surface area contributed by atoms with Crippen molar-refractivity contribution in [3.05, 3.63) is 53.6 Å². The Morgan fingerprint density at radius 3 is 2.21 bits per heavy atom. The number of rotatable bonds is 7. The average molecular weight is 349 g/mol. The number of nitrogens with one attached hydrogen (secondary N) is 1. The smallest absolute Gasteiger partial charge is 0.240 e. The molecule has 0 saturated heterocycles. The summed E-state index contributed by atoms with van der Waals surface area (Å²) in [6.45, 7) is 4.35. The molecule has 0 atom stereocenters. The number of benzene rings is 2. The Kier molecular flexibility index (Phi) is 5.85. The first kappa shape index (κ1) is 18.3. The molecule has 0 bridgehead atoms. The van der Waals surface area contributed by atoms with Gasteiger partial charge in [-0.3, -0.25) is 0 Å². The fraction of sp³-hybridized carbons (Fsp3) is 0.333.